The number of likely N-dealkylation sites (tertiary alicyclic amines) is 1. The molecule has 6 heteroatoms. The van der Waals surface area contributed by atoms with Crippen molar-refractivity contribution < 1.29 is 14.7 Å². The third kappa shape index (κ3) is 4.83. The van der Waals surface area contributed by atoms with Crippen molar-refractivity contribution in [2.45, 2.75) is 25.8 Å². The molecule has 0 saturated carbocycles. The van der Waals surface area contributed by atoms with Gasteiger partial charge in [-0.1, -0.05) is 0 Å². The zero-order chi connectivity index (χ0) is 12.8. The molecule has 1 amide bonds. The van der Waals surface area contributed by atoms with Gasteiger partial charge in [0.05, 0.1) is 12.6 Å². The molecular formula is C11H17N3O3. The van der Waals surface area contributed by atoms with Gasteiger partial charge in [-0.25, -0.2) is 0 Å². The molecule has 0 bridgehead atoms. The Labute approximate surface area is 100 Å². The molecule has 94 valence electrons. The van der Waals surface area contributed by atoms with Gasteiger partial charge in [0.2, 0.25) is 5.91 Å². The van der Waals surface area contributed by atoms with Gasteiger partial charge in [0, 0.05) is 32.5 Å². The van der Waals surface area contributed by atoms with E-state index in [1.165, 1.54) is 6.92 Å². The normalized spacial score (nSPS) is 24.9. The van der Waals surface area contributed by atoms with E-state index in [9.17, 15) is 9.59 Å². The minimum atomic E-state index is -0.838. The summed E-state index contributed by atoms with van der Waals surface area (Å²) >= 11 is 0. The summed E-state index contributed by atoms with van der Waals surface area (Å²) in [4.78, 5) is 23.6. The maximum absolute atomic E-state index is 11.0. The topological polar surface area (TPSA) is 93.4 Å². The number of hydrogen-bond acceptors (Lipinski definition) is 4. The van der Waals surface area contributed by atoms with Crippen molar-refractivity contribution in [2.24, 2.45) is 5.92 Å². The van der Waals surface area contributed by atoms with E-state index in [1.807, 2.05) is 4.90 Å². The van der Waals surface area contributed by atoms with Crippen molar-refractivity contribution in [1.82, 2.24) is 10.2 Å². The number of hydrogen-bond donors (Lipinski definition) is 2. The van der Waals surface area contributed by atoms with Crippen LogP contribution in [0, 0.1) is 17.2 Å². The summed E-state index contributed by atoms with van der Waals surface area (Å²) in [5, 5.41) is 20.2. The van der Waals surface area contributed by atoms with Crippen LogP contribution < -0.4 is 5.32 Å². The zero-order valence-corrected chi connectivity index (χ0v) is 9.85. The first-order valence-electron chi connectivity index (χ1n) is 5.59. The molecule has 0 aliphatic carbocycles. The fourth-order valence-electron chi connectivity index (χ4n) is 2.32. The van der Waals surface area contributed by atoms with E-state index in [0.717, 1.165) is 0 Å². The molecule has 0 aromatic heterocycles. The SMILES string of the molecule is CC(=O)NC1CC(CC(=O)O)CN(CC#N)C1. The highest BCUT2D eigenvalue weighted by Gasteiger charge is 2.28. The smallest absolute Gasteiger partial charge is 0.303 e. The lowest BCUT2D eigenvalue weighted by Crippen LogP contribution is -2.50. The van der Waals surface area contributed by atoms with E-state index in [-0.39, 0.29) is 30.8 Å². The second-order valence-electron chi connectivity index (χ2n) is 4.45. The number of amides is 1. The van der Waals surface area contributed by atoms with Crippen molar-refractivity contribution in [3.8, 4) is 6.07 Å². The Bertz CT molecular complexity index is 313. The standard InChI is InChI=1S/C11H17N3O3/c1-8(15)13-10-4-9(5-11(16)17)6-14(7-10)3-2-12/h9-10H,3-7H2,1H3,(H,13,15)(H,16,17). The second-order valence-corrected chi connectivity index (χ2v) is 4.45. The van der Waals surface area contributed by atoms with Crippen molar-refractivity contribution in [3.63, 3.8) is 0 Å². The lowest BCUT2D eigenvalue weighted by molar-refractivity contribution is -0.138. The molecule has 0 aromatic rings. The van der Waals surface area contributed by atoms with E-state index >= 15 is 0 Å². The first-order chi connectivity index (χ1) is 8.01. The predicted molar refractivity (Wildman–Crippen MR) is 60.0 cm³/mol. The van der Waals surface area contributed by atoms with Crippen molar-refractivity contribution in [2.75, 3.05) is 19.6 Å². The Morgan fingerprint density at radius 1 is 1.53 bits per heavy atom. The van der Waals surface area contributed by atoms with Gasteiger partial charge in [-0.15, -0.1) is 0 Å². The summed E-state index contributed by atoms with van der Waals surface area (Å²) in [5.41, 5.74) is 0. The molecule has 17 heavy (non-hydrogen) atoms. The number of nitrogens with one attached hydrogen (secondary N) is 1. The molecule has 0 radical (unpaired) electrons. The number of carbonyl (C=O) groups is 2. The van der Waals surface area contributed by atoms with Gasteiger partial charge in [0.25, 0.3) is 0 Å². The largest absolute Gasteiger partial charge is 0.481 e. The van der Waals surface area contributed by atoms with Crippen LogP contribution in [-0.4, -0.2) is 47.6 Å². The van der Waals surface area contributed by atoms with Crippen LogP contribution in [0.1, 0.15) is 19.8 Å². The fourth-order valence-corrected chi connectivity index (χ4v) is 2.32. The Kier molecular flexibility index (Phi) is 4.91. The highest BCUT2D eigenvalue weighted by molar-refractivity contribution is 5.73. The highest BCUT2D eigenvalue weighted by atomic mass is 16.4. The molecule has 1 heterocycles. The molecule has 6 nitrogen and oxygen atoms in total. The first-order valence-corrected chi connectivity index (χ1v) is 5.59. The molecular weight excluding hydrogens is 222 g/mol. The summed E-state index contributed by atoms with van der Waals surface area (Å²) in [7, 11) is 0. The number of carboxylic acids is 1. The molecule has 0 aromatic carbocycles. The predicted octanol–water partition coefficient (Wildman–Crippen LogP) is -0.189. The highest BCUT2D eigenvalue weighted by Crippen LogP contribution is 2.19. The first kappa shape index (κ1) is 13.5. The Morgan fingerprint density at radius 3 is 2.76 bits per heavy atom. The van der Waals surface area contributed by atoms with E-state index in [1.54, 1.807) is 0 Å². The number of nitrogens with zero attached hydrogens (tertiary/aromatic N) is 2. The number of carboxylic acid groups (broad SMARTS) is 1. The average molecular weight is 239 g/mol. The minimum Gasteiger partial charge on any atom is -0.481 e. The van der Waals surface area contributed by atoms with Crippen LogP contribution in [0.25, 0.3) is 0 Å². The molecule has 1 fully saturated rings. The molecule has 0 spiro atoms. The van der Waals surface area contributed by atoms with Gasteiger partial charge in [-0.05, 0) is 12.3 Å². The van der Waals surface area contributed by atoms with E-state index < -0.39 is 5.97 Å². The van der Waals surface area contributed by atoms with E-state index in [4.69, 9.17) is 10.4 Å². The van der Waals surface area contributed by atoms with Gasteiger partial charge >= 0.3 is 5.97 Å². The molecule has 2 atom stereocenters. The quantitative estimate of drug-likeness (QED) is 0.663. The van der Waals surface area contributed by atoms with E-state index in [0.29, 0.717) is 19.5 Å². The average Bonchev–Trinajstić information content (AvgIpc) is 2.14. The third-order valence-electron chi connectivity index (χ3n) is 2.78. The van der Waals surface area contributed by atoms with Gasteiger partial charge in [-0.3, -0.25) is 14.5 Å². The minimum absolute atomic E-state index is 0.00792. The number of aliphatic carboxylic acids is 1. The lowest BCUT2D eigenvalue weighted by atomic mass is 9.91. The van der Waals surface area contributed by atoms with Crippen LogP contribution in [0.2, 0.25) is 0 Å². The molecule has 1 aliphatic rings. The molecule has 1 saturated heterocycles. The monoisotopic (exact) mass is 239 g/mol. The van der Waals surface area contributed by atoms with Crippen molar-refractivity contribution in [3.05, 3.63) is 0 Å². The van der Waals surface area contributed by atoms with Crippen LogP contribution in [0.4, 0.5) is 0 Å². The maximum atomic E-state index is 11.0. The Morgan fingerprint density at radius 2 is 2.24 bits per heavy atom. The molecule has 1 aliphatic heterocycles. The van der Waals surface area contributed by atoms with Crippen LogP contribution in [0.5, 0.6) is 0 Å². The summed E-state index contributed by atoms with van der Waals surface area (Å²) < 4.78 is 0. The van der Waals surface area contributed by atoms with Crippen molar-refractivity contribution >= 4 is 11.9 Å². The Hall–Kier alpha value is -1.61. The number of piperidine rings is 1. The summed E-state index contributed by atoms with van der Waals surface area (Å²) in [6.07, 6.45) is 0.742. The van der Waals surface area contributed by atoms with Crippen LogP contribution >= 0.6 is 0 Å². The Balaban J connectivity index is 2.59. The lowest BCUT2D eigenvalue weighted by Gasteiger charge is -2.36. The maximum Gasteiger partial charge on any atom is 0.303 e. The summed E-state index contributed by atoms with van der Waals surface area (Å²) in [5.74, 6) is -0.968. The molecule has 2 N–H and O–H groups in total. The third-order valence-corrected chi connectivity index (χ3v) is 2.78. The molecule has 1 rings (SSSR count). The number of nitriles is 1. The van der Waals surface area contributed by atoms with Crippen molar-refractivity contribution in [1.29, 1.82) is 5.26 Å². The zero-order valence-electron chi connectivity index (χ0n) is 9.85. The van der Waals surface area contributed by atoms with Gasteiger partial charge in [0.15, 0.2) is 0 Å². The molecule has 2 unspecified atom stereocenters. The summed E-state index contributed by atoms with van der Waals surface area (Å²) in [6, 6.07) is 1.99. The van der Waals surface area contributed by atoms with Crippen LogP contribution in [0.3, 0.4) is 0 Å². The van der Waals surface area contributed by atoms with Crippen LogP contribution in [-0.2, 0) is 9.59 Å². The number of carbonyl (C=O) groups excluding carboxylic acids is 1. The number of rotatable bonds is 4. The second kappa shape index (κ2) is 6.21. The van der Waals surface area contributed by atoms with Gasteiger partial charge < -0.3 is 10.4 Å². The van der Waals surface area contributed by atoms with Gasteiger partial charge in [0.1, 0.15) is 0 Å². The fraction of sp³-hybridized carbons (Fsp3) is 0.727. The van der Waals surface area contributed by atoms with Crippen LogP contribution in [0.15, 0.2) is 0 Å². The summed E-state index contributed by atoms with van der Waals surface area (Å²) in [6.45, 7) is 2.93. The van der Waals surface area contributed by atoms with E-state index in [2.05, 4.69) is 11.4 Å². The van der Waals surface area contributed by atoms with Gasteiger partial charge in [-0.2, -0.15) is 5.26 Å².